The molecular formula is C32H42BrN3O5. The molecule has 7 N–H and O–H groups in total. The molecule has 0 spiro atoms. The number of allylic oxidation sites excluding steroid dienone is 3. The van der Waals surface area contributed by atoms with Crippen LogP contribution >= 0.6 is 15.9 Å². The summed E-state index contributed by atoms with van der Waals surface area (Å²) in [5.41, 5.74) is 11.4. The number of phenolic OH excluding ortho intramolecular Hbond substituents is 1. The van der Waals surface area contributed by atoms with Gasteiger partial charge in [-0.05, 0) is 76.9 Å². The van der Waals surface area contributed by atoms with Crippen molar-refractivity contribution in [2.24, 2.45) is 28.7 Å². The number of rotatable bonds is 5. The molecule has 0 aliphatic carbocycles. The first-order valence-electron chi connectivity index (χ1n) is 13.7. The molecule has 8 nitrogen and oxygen atoms in total. The van der Waals surface area contributed by atoms with Crippen molar-refractivity contribution < 1.29 is 24.5 Å². The quantitative estimate of drug-likeness (QED) is 0.224. The summed E-state index contributed by atoms with van der Waals surface area (Å²) >= 11 is 3.34. The van der Waals surface area contributed by atoms with Crippen LogP contribution in [0, 0.1) is 29.1 Å². The number of hydrogen-bond acceptors (Lipinski definition) is 6. The number of ether oxygens (including phenoxy) is 1. The Labute approximate surface area is 251 Å². The topological polar surface area (TPSA) is 148 Å². The predicted molar refractivity (Wildman–Crippen MR) is 165 cm³/mol. The zero-order valence-corrected chi connectivity index (χ0v) is 25.7. The molecule has 1 aliphatic rings. The van der Waals surface area contributed by atoms with Crippen molar-refractivity contribution in [2.45, 2.75) is 71.2 Å². The van der Waals surface area contributed by atoms with Crippen molar-refractivity contribution in [3.8, 4) is 17.6 Å². The van der Waals surface area contributed by atoms with Gasteiger partial charge in [0.05, 0.1) is 16.6 Å². The Bertz CT molecular complexity index is 1230. The van der Waals surface area contributed by atoms with Crippen LogP contribution in [-0.2, 0) is 9.53 Å². The molecule has 2 amide bonds. The molecule has 0 saturated carbocycles. The van der Waals surface area contributed by atoms with Gasteiger partial charge in [0.2, 0.25) is 5.91 Å². The molecule has 1 heterocycles. The molecule has 0 radical (unpaired) electrons. The minimum absolute atomic E-state index is 0.0427. The van der Waals surface area contributed by atoms with E-state index in [9.17, 15) is 19.8 Å². The Morgan fingerprint density at radius 1 is 1.22 bits per heavy atom. The first-order valence-corrected chi connectivity index (χ1v) is 14.5. The number of aromatic hydroxyl groups is 1. The lowest BCUT2D eigenvalue weighted by Crippen LogP contribution is -2.36. The summed E-state index contributed by atoms with van der Waals surface area (Å²) in [6.07, 6.45) is 13.6. The molecule has 41 heavy (non-hydrogen) atoms. The van der Waals surface area contributed by atoms with E-state index in [0.29, 0.717) is 29.3 Å². The highest BCUT2D eigenvalue weighted by molar-refractivity contribution is 9.10. The summed E-state index contributed by atoms with van der Waals surface area (Å²) in [5, 5.41) is 23.8. The first-order chi connectivity index (χ1) is 19.3. The normalized spacial score (nSPS) is 26.8. The fourth-order valence-electron chi connectivity index (χ4n) is 4.43. The lowest BCUT2D eigenvalue weighted by molar-refractivity contribution is -0.117. The number of benzene rings is 1. The van der Waals surface area contributed by atoms with Crippen LogP contribution in [0.3, 0.4) is 0 Å². The van der Waals surface area contributed by atoms with E-state index in [4.69, 9.17) is 16.2 Å². The second-order valence-corrected chi connectivity index (χ2v) is 11.9. The largest absolute Gasteiger partial charge is 0.507 e. The van der Waals surface area contributed by atoms with Crippen molar-refractivity contribution in [3.05, 3.63) is 76.8 Å². The van der Waals surface area contributed by atoms with Crippen LogP contribution in [0.5, 0.6) is 5.75 Å². The molecule has 1 aromatic carbocycles. The van der Waals surface area contributed by atoms with Crippen LogP contribution in [0.25, 0.3) is 0 Å². The van der Waals surface area contributed by atoms with Gasteiger partial charge in [0, 0.05) is 11.5 Å². The summed E-state index contributed by atoms with van der Waals surface area (Å²) in [7, 11) is 0. The number of primary amides is 1. The van der Waals surface area contributed by atoms with Crippen LogP contribution in [0.1, 0.15) is 58.6 Å². The standard InChI is InChI=1S/C32H42BrN3O5/c1-21-16-17-22(2)26(36-28(38)15-9-11-23(34)20-24(19-21)41-31(35)40)13-7-5-6-8-18-32(3,4)30(39)25-12-10-14-27(37)29(25)33/h7-10,12-18,21-24,26,30,37,39H,11,19-20,34H2,1-4H3,(H2,35,40)(H,36,38)/b13-7+,15-9-,17-16+,18-8+/t21-,22-,23+,24-,26+,30-/m1/s1. The second-order valence-electron chi connectivity index (χ2n) is 11.1. The fraction of sp³-hybridized carbons (Fsp3) is 0.438. The zero-order chi connectivity index (χ0) is 30.6. The minimum Gasteiger partial charge on any atom is -0.507 e. The van der Waals surface area contributed by atoms with E-state index in [1.54, 1.807) is 36.4 Å². The summed E-state index contributed by atoms with van der Waals surface area (Å²) in [5.74, 6) is 5.79. The molecule has 222 valence electrons. The fourth-order valence-corrected chi connectivity index (χ4v) is 4.91. The van der Waals surface area contributed by atoms with Gasteiger partial charge in [-0.2, -0.15) is 0 Å². The number of halogens is 1. The number of hydrogen-bond donors (Lipinski definition) is 5. The Balaban J connectivity index is 2.15. The number of aliphatic hydroxyl groups excluding tert-OH is 1. The van der Waals surface area contributed by atoms with Crippen molar-refractivity contribution in [1.82, 2.24) is 5.32 Å². The number of aliphatic hydroxyl groups is 1. The molecular weight excluding hydrogens is 586 g/mol. The number of phenols is 1. The average molecular weight is 629 g/mol. The number of nitrogens with one attached hydrogen (secondary N) is 1. The van der Waals surface area contributed by atoms with Gasteiger partial charge in [0.1, 0.15) is 11.9 Å². The SMILES string of the molecule is C[C@@H]1/C=C/[C@@H](C)[C@H](/C=C/C#C/C=C/C(C)(C)[C@H](O)c2cccc(O)c2Br)NC(=O)/C=C\C[C@H](N)C[C@H](OC(N)=O)C1. The predicted octanol–water partition coefficient (Wildman–Crippen LogP) is 5.17. The van der Waals surface area contributed by atoms with E-state index in [1.807, 2.05) is 52.0 Å². The molecule has 1 aliphatic heterocycles. The van der Waals surface area contributed by atoms with Gasteiger partial charge in [-0.1, -0.05) is 82.0 Å². The zero-order valence-electron chi connectivity index (χ0n) is 24.1. The monoisotopic (exact) mass is 627 g/mol. The van der Waals surface area contributed by atoms with E-state index in [1.165, 1.54) is 6.08 Å². The molecule has 0 saturated heterocycles. The van der Waals surface area contributed by atoms with Crippen LogP contribution in [-0.4, -0.2) is 40.4 Å². The van der Waals surface area contributed by atoms with E-state index in [2.05, 4.69) is 33.1 Å². The molecule has 0 unspecified atom stereocenters. The summed E-state index contributed by atoms with van der Waals surface area (Å²) in [4.78, 5) is 23.9. The average Bonchev–Trinajstić information content (AvgIpc) is 2.88. The van der Waals surface area contributed by atoms with Crippen molar-refractivity contribution >= 4 is 27.9 Å². The van der Waals surface area contributed by atoms with Gasteiger partial charge in [0.15, 0.2) is 0 Å². The summed E-state index contributed by atoms with van der Waals surface area (Å²) in [6.45, 7) is 7.78. The Morgan fingerprint density at radius 3 is 2.63 bits per heavy atom. The van der Waals surface area contributed by atoms with Gasteiger partial charge in [-0.3, -0.25) is 4.79 Å². The van der Waals surface area contributed by atoms with E-state index < -0.39 is 23.7 Å². The van der Waals surface area contributed by atoms with Crippen molar-refractivity contribution in [2.75, 3.05) is 0 Å². The minimum atomic E-state index is -0.868. The third kappa shape index (κ3) is 11.6. The van der Waals surface area contributed by atoms with Crippen LogP contribution in [0.4, 0.5) is 4.79 Å². The Morgan fingerprint density at radius 2 is 1.93 bits per heavy atom. The highest BCUT2D eigenvalue weighted by Gasteiger charge is 2.28. The number of carbonyl (C=O) groups excluding carboxylic acids is 2. The molecule has 2 rings (SSSR count). The van der Waals surface area contributed by atoms with E-state index >= 15 is 0 Å². The summed E-state index contributed by atoms with van der Waals surface area (Å²) in [6, 6.07) is 4.39. The lowest BCUT2D eigenvalue weighted by atomic mass is 9.82. The highest BCUT2D eigenvalue weighted by Crippen LogP contribution is 2.40. The van der Waals surface area contributed by atoms with Gasteiger partial charge in [-0.15, -0.1) is 0 Å². The molecule has 1 aromatic rings. The number of carbonyl (C=O) groups is 2. The van der Waals surface area contributed by atoms with Gasteiger partial charge >= 0.3 is 6.09 Å². The van der Waals surface area contributed by atoms with Crippen molar-refractivity contribution in [1.29, 1.82) is 0 Å². The van der Waals surface area contributed by atoms with Gasteiger partial charge in [0.25, 0.3) is 0 Å². The number of amides is 2. The Kier molecular flexibility index (Phi) is 13.4. The van der Waals surface area contributed by atoms with Crippen molar-refractivity contribution in [3.63, 3.8) is 0 Å². The smallest absolute Gasteiger partial charge is 0.404 e. The lowest BCUT2D eigenvalue weighted by Gasteiger charge is -2.28. The molecule has 6 atom stereocenters. The maximum atomic E-state index is 12.6. The maximum absolute atomic E-state index is 12.6. The van der Waals surface area contributed by atoms with Gasteiger partial charge < -0.3 is 31.7 Å². The third-order valence-electron chi connectivity index (χ3n) is 6.88. The molecule has 9 heteroatoms. The van der Waals surface area contributed by atoms with Crippen LogP contribution in [0.15, 0.2) is 71.3 Å². The highest BCUT2D eigenvalue weighted by atomic mass is 79.9. The van der Waals surface area contributed by atoms with E-state index in [-0.39, 0.29) is 35.6 Å². The second kappa shape index (κ2) is 16.2. The number of nitrogens with two attached hydrogens (primary N) is 2. The summed E-state index contributed by atoms with van der Waals surface area (Å²) < 4.78 is 5.74. The van der Waals surface area contributed by atoms with E-state index in [0.717, 1.165) is 0 Å². The van der Waals surface area contributed by atoms with Gasteiger partial charge in [-0.25, -0.2) is 4.79 Å². The molecule has 0 bridgehead atoms. The van der Waals surface area contributed by atoms with Crippen LogP contribution < -0.4 is 16.8 Å². The Hall–Kier alpha value is -3.32. The molecule has 0 aromatic heterocycles. The van der Waals surface area contributed by atoms with Crippen LogP contribution in [0.2, 0.25) is 0 Å². The molecule has 0 fully saturated rings. The third-order valence-corrected chi connectivity index (χ3v) is 7.75. The first kappa shape index (κ1) is 33.9. The maximum Gasteiger partial charge on any atom is 0.404 e.